The Morgan fingerprint density at radius 2 is 1.92 bits per heavy atom. The first kappa shape index (κ1) is 20.4. The predicted molar refractivity (Wildman–Crippen MR) is 94.4 cm³/mol. The van der Waals surface area contributed by atoms with Gasteiger partial charge in [0.1, 0.15) is 11.3 Å². The highest BCUT2D eigenvalue weighted by Crippen LogP contribution is 2.34. The van der Waals surface area contributed by atoms with Crippen LogP contribution in [0.2, 0.25) is 0 Å². The molecule has 26 heavy (non-hydrogen) atoms. The summed E-state index contributed by atoms with van der Waals surface area (Å²) in [6, 6.07) is 1.15. The molecule has 1 fully saturated rings. The van der Waals surface area contributed by atoms with E-state index in [0.717, 1.165) is 29.6 Å². The van der Waals surface area contributed by atoms with Gasteiger partial charge in [-0.1, -0.05) is 13.3 Å². The average Bonchev–Trinajstić information content (AvgIpc) is 2.98. The van der Waals surface area contributed by atoms with Crippen molar-refractivity contribution < 1.29 is 27.5 Å². The zero-order chi connectivity index (χ0) is 19.7. The number of hydrogen-bond donors (Lipinski definition) is 2. The second-order valence-corrected chi connectivity index (χ2v) is 9.10. The molecule has 1 amide bonds. The third-order valence-corrected chi connectivity index (χ3v) is 6.84. The largest absolute Gasteiger partial charge is 0.480 e. The molecule has 0 aliphatic heterocycles. The lowest BCUT2D eigenvalue weighted by molar-refractivity contribution is -0.146. The van der Waals surface area contributed by atoms with E-state index in [1.54, 1.807) is 0 Å². The average molecular weight is 386 g/mol. The van der Waals surface area contributed by atoms with Gasteiger partial charge in [0, 0.05) is 20.2 Å². The molecule has 0 radical (unpaired) electrons. The molecule has 0 unspecified atom stereocenters. The van der Waals surface area contributed by atoms with Crippen molar-refractivity contribution in [1.82, 2.24) is 9.62 Å². The van der Waals surface area contributed by atoms with Crippen LogP contribution in [0.5, 0.6) is 0 Å². The van der Waals surface area contributed by atoms with E-state index in [4.69, 9.17) is 4.42 Å². The van der Waals surface area contributed by atoms with Crippen LogP contribution in [0.15, 0.2) is 15.6 Å². The number of aliphatic carboxylic acids is 1. The van der Waals surface area contributed by atoms with Gasteiger partial charge in [0.15, 0.2) is 0 Å². The topological polar surface area (TPSA) is 117 Å². The van der Waals surface area contributed by atoms with E-state index in [-0.39, 0.29) is 16.4 Å². The molecule has 0 aromatic carbocycles. The summed E-state index contributed by atoms with van der Waals surface area (Å²) < 4.78 is 30.5. The standard InChI is InChI=1S/C17H26N2O6S/c1-5-12-6-8-17(9-7-12,16(21)22)18-15(20)13-10-14(25-11(13)2)26(23,24)19(3)4/h10,12H,5-9H2,1-4H3,(H,18,20)(H,21,22). The van der Waals surface area contributed by atoms with Crippen molar-refractivity contribution >= 4 is 21.9 Å². The normalized spacial score (nSPS) is 23.8. The minimum Gasteiger partial charge on any atom is -0.480 e. The molecular formula is C17H26N2O6S. The van der Waals surface area contributed by atoms with Gasteiger partial charge >= 0.3 is 5.97 Å². The van der Waals surface area contributed by atoms with Crippen LogP contribution in [0.1, 0.15) is 55.1 Å². The van der Waals surface area contributed by atoms with E-state index in [2.05, 4.69) is 12.2 Å². The van der Waals surface area contributed by atoms with Crippen molar-refractivity contribution in [2.75, 3.05) is 14.1 Å². The monoisotopic (exact) mass is 386 g/mol. The van der Waals surface area contributed by atoms with Gasteiger partial charge in [-0.2, -0.15) is 0 Å². The van der Waals surface area contributed by atoms with Gasteiger partial charge in [-0.05, 0) is 38.5 Å². The molecule has 0 saturated heterocycles. The Balaban J connectivity index is 2.26. The number of carboxylic acid groups (broad SMARTS) is 1. The van der Waals surface area contributed by atoms with E-state index in [9.17, 15) is 23.1 Å². The summed E-state index contributed by atoms with van der Waals surface area (Å²) in [7, 11) is -1.10. The maximum atomic E-state index is 12.7. The Hall–Kier alpha value is -1.87. The van der Waals surface area contributed by atoms with Gasteiger partial charge in [-0.25, -0.2) is 17.5 Å². The van der Waals surface area contributed by atoms with Gasteiger partial charge in [-0.15, -0.1) is 0 Å². The van der Waals surface area contributed by atoms with Crippen molar-refractivity contribution in [3.8, 4) is 0 Å². The zero-order valence-corrected chi connectivity index (χ0v) is 16.4. The van der Waals surface area contributed by atoms with Crippen LogP contribution in [-0.4, -0.2) is 49.3 Å². The molecule has 2 N–H and O–H groups in total. The van der Waals surface area contributed by atoms with Crippen molar-refractivity contribution in [1.29, 1.82) is 0 Å². The molecule has 0 spiro atoms. The summed E-state index contributed by atoms with van der Waals surface area (Å²) in [5, 5.41) is 12.0. The molecule has 0 atom stereocenters. The third kappa shape index (κ3) is 3.78. The lowest BCUT2D eigenvalue weighted by atomic mass is 9.75. The number of nitrogens with one attached hydrogen (secondary N) is 1. The molecule has 1 aromatic heterocycles. The Labute approximate surface area is 153 Å². The first-order valence-electron chi connectivity index (χ1n) is 8.62. The highest BCUT2D eigenvalue weighted by Gasteiger charge is 2.43. The minimum absolute atomic E-state index is 0.0312. The smallest absolute Gasteiger partial charge is 0.329 e. The molecule has 1 aromatic rings. The number of nitrogens with zero attached hydrogens (tertiary/aromatic N) is 1. The number of carbonyl (C=O) groups excluding carboxylic acids is 1. The van der Waals surface area contributed by atoms with Gasteiger partial charge in [0.25, 0.3) is 15.9 Å². The Bertz CT molecular complexity index is 788. The quantitative estimate of drug-likeness (QED) is 0.772. The van der Waals surface area contributed by atoms with Crippen LogP contribution in [0, 0.1) is 12.8 Å². The number of aryl methyl sites for hydroxylation is 1. The summed E-state index contributed by atoms with van der Waals surface area (Å²) in [4.78, 5) is 24.5. The number of carbonyl (C=O) groups is 2. The van der Waals surface area contributed by atoms with Crippen LogP contribution in [0.25, 0.3) is 0 Å². The number of carboxylic acids is 1. The molecule has 2 rings (SSSR count). The summed E-state index contributed by atoms with van der Waals surface area (Å²) >= 11 is 0. The van der Waals surface area contributed by atoms with Crippen molar-refractivity contribution in [3.63, 3.8) is 0 Å². The highest BCUT2D eigenvalue weighted by molar-refractivity contribution is 7.88. The van der Waals surface area contributed by atoms with Crippen LogP contribution < -0.4 is 5.32 Å². The molecular weight excluding hydrogens is 360 g/mol. The van der Waals surface area contributed by atoms with E-state index in [1.165, 1.54) is 21.0 Å². The number of furan rings is 1. The fraction of sp³-hybridized carbons (Fsp3) is 0.647. The SMILES string of the molecule is CCC1CCC(NC(=O)c2cc(S(=O)(=O)N(C)C)oc2C)(C(=O)O)CC1. The summed E-state index contributed by atoms with van der Waals surface area (Å²) in [6.45, 7) is 3.55. The lowest BCUT2D eigenvalue weighted by Gasteiger charge is -2.37. The number of rotatable bonds is 6. The first-order valence-corrected chi connectivity index (χ1v) is 10.1. The third-order valence-electron chi connectivity index (χ3n) is 5.17. The summed E-state index contributed by atoms with van der Waals surface area (Å²) in [6.07, 6.45) is 3.15. The minimum atomic E-state index is -3.82. The Morgan fingerprint density at radius 3 is 2.38 bits per heavy atom. The van der Waals surface area contributed by atoms with Crippen LogP contribution in [0.3, 0.4) is 0 Å². The molecule has 8 nitrogen and oxygen atoms in total. The second-order valence-electron chi connectivity index (χ2n) is 7.02. The van der Waals surface area contributed by atoms with Crippen molar-refractivity contribution in [3.05, 3.63) is 17.4 Å². The molecule has 1 heterocycles. The van der Waals surface area contributed by atoms with Gasteiger partial charge in [0.05, 0.1) is 5.56 Å². The Kier molecular flexibility index (Phi) is 5.82. The predicted octanol–water partition coefficient (Wildman–Crippen LogP) is 1.99. The van der Waals surface area contributed by atoms with Gasteiger partial charge < -0.3 is 14.8 Å². The first-order chi connectivity index (χ1) is 12.0. The van der Waals surface area contributed by atoms with Gasteiger partial charge in [-0.3, -0.25) is 4.79 Å². The number of amides is 1. The van der Waals surface area contributed by atoms with Crippen LogP contribution >= 0.6 is 0 Å². The van der Waals surface area contributed by atoms with E-state index in [1.807, 2.05) is 0 Å². The zero-order valence-electron chi connectivity index (χ0n) is 15.5. The summed E-state index contributed by atoms with van der Waals surface area (Å²) in [5.41, 5.74) is -1.30. The van der Waals surface area contributed by atoms with Crippen molar-refractivity contribution in [2.45, 2.75) is 56.6 Å². The van der Waals surface area contributed by atoms with E-state index in [0.29, 0.717) is 18.8 Å². The van der Waals surface area contributed by atoms with Gasteiger partial charge in [0.2, 0.25) is 5.09 Å². The highest BCUT2D eigenvalue weighted by atomic mass is 32.2. The fourth-order valence-corrected chi connectivity index (χ4v) is 4.10. The molecule has 146 valence electrons. The maximum Gasteiger partial charge on any atom is 0.329 e. The lowest BCUT2D eigenvalue weighted by Crippen LogP contribution is -2.56. The van der Waals surface area contributed by atoms with E-state index >= 15 is 0 Å². The van der Waals surface area contributed by atoms with E-state index < -0.39 is 27.4 Å². The van der Waals surface area contributed by atoms with Crippen molar-refractivity contribution in [2.24, 2.45) is 5.92 Å². The molecule has 9 heteroatoms. The number of sulfonamides is 1. The molecule has 1 aliphatic carbocycles. The van der Waals surface area contributed by atoms with Crippen LogP contribution in [0.4, 0.5) is 0 Å². The fourth-order valence-electron chi connectivity index (χ4n) is 3.24. The maximum absolute atomic E-state index is 12.7. The molecule has 1 aliphatic rings. The Morgan fingerprint density at radius 1 is 1.35 bits per heavy atom. The van der Waals surface area contributed by atoms with Crippen LogP contribution in [-0.2, 0) is 14.8 Å². The second kappa shape index (κ2) is 7.40. The molecule has 1 saturated carbocycles. The number of hydrogen-bond acceptors (Lipinski definition) is 5. The molecule has 0 bridgehead atoms. The summed E-state index contributed by atoms with van der Waals surface area (Å²) in [5.74, 6) is -1.11.